The number of aromatic nitrogens is 1. The van der Waals surface area contributed by atoms with Gasteiger partial charge < -0.3 is 10.3 Å². The number of aromatic amines is 1. The number of halogens is 1. The van der Waals surface area contributed by atoms with Crippen molar-refractivity contribution in [2.75, 3.05) is 13.1 Å². The van der Waals surface area contributed by atoms with Crippen LogP contribution in [0.3, 0.4) is 0 Å². The lowest BCUT2D eigenvalue weighted by Gasteiger charge is -2.26. The number of fused-ring (bicyclic) bond motifs is 2. The third kappa shape index (κ3) is 3.72. The molecule has 6 rings (SSSR count). The predicted molar refractivity (Wildman–Crippen MR) is 129 cm³/mol. The maximum absolute atomic E-state index is 14.5. The monoisotopic (exact) mass is 439 g/mol. The number of carbonyl (C=O) groups is 1. The van der Waals surface area contributed by atoms with Crippen LogP contribution in [0.4, 0.5) is 4.39 Å². The van der Waals surface area contributed by atoms with Gasteiger partial charge in [0, 0.05) is 40.8 Å². The van der Waals surface area contributed by atoms with Gasteiger partial charge in [-0.2, -0.15) is 0 Å². The van der Waals surface area contributed by atoms with E-state index in [4.69, 9.17) is 0 Å². The van der Waals surface area contributed by atoms with E-state index in [1.807, 2.05) is 18.2 Å². The molecule has 3 aromatic carbocycles. The van der Waals surface area contributed by atoms with Crippen molar-refractivity contribution in [3.63, 3.8) is 0 Å². The lowest BCUT2D eigenvalue weighted by Crippen LogP contribution is -2.28. The number of benzene rings is 3. The highest BCUT2D eigenvalue weighted by Gasteiger charge is 2.26. The van der Waals surface area contributed by atoms with E-state index in [1.54, 1.807) is 12.1 Å². The Kier molecular flexibility index (Phi) is 4.99. The minimum atomic E-state index is -0.264. The van der Waals surface area contributed by atoms with Gasteiger partial charge in [-0.1, -0.05) is 30.7 Å². The van der Waals surface area contributed by atoms with Crippen LogP contribution in [0, 0.1) is 5.82 Å². The van der Waals surface area contributed by atoms with Gasteiger partial charge in [-0.15, -0.1) is 0 Å². The van der Waals surface area contributed by atoms with Crippen molar-refractivity contribution in [3.05, 3.63) is 83.2 Å². The molecule has 0 atom stereocenters. The van der Waals surface area contributed by atoms with Crippen molar-refractivity contribution in [2.24, 2.45) is 0 Å². The number of carbonyl (C=O) groups excluding carboxylic acids is 1. The number of H-pyrrole nitrogens is 1. The van der Waals surface area contributed by atoms with Gasteiger partial charge in [-0.25, -0.2) is 4.39 Å². The zero-order valence-electron chi connectivity index (χ0n) is 18.5. The highest BCUT2D eigenvalue weighted by molar-refractivity contribution is 6.06. The molecule has 2 aliphatic heterocycles. The summed E-state index contributed by atoms with van der Waals surface area (Å²) < 4.78 is 14.5. The number of likely N-dealkylation sites (tertiary alicyclic amines) is 1. The molecule has 33 heavy (non-hydrogen) atoms. The molecule has 2 N–H and O–H groups in total. The van der Waals surface area contributed by atoms with Gasteiger partial charge in [0.2, 0.25) is 0 Å². The van der Waals surface area contributed by atoms with Crippen molar-refractivity contribution < 1.29 is 9.18 Å². The number of hydrogen-bond acceptors (Lipinski definition) is 2. The SMILES string of the molecule is O=C1NCc2cc(-c3ccccc3F)cc(-c3cc4cc(CN5CCCCC5)ccc4[nH]3)c21. The summed E-state index contributed by atoms with van der Waals surface area (Å²) in [7, 11) is 0. The first kappa shape index (κ1) is 20.2. The van der Waals surface area contributed by atoms with Crippen LogP contribution in [-0.2, 0) is 13.1 Å². The molecule has 0 radical (unpaired) electrons. The Morgan fingerprint density at radius 2 is 1.76 bits per heavy atom. The largest absolute Gasteiger partial charge is 0.355 e. The van der Waals surface area contributed by atoms with Crippen molar-refractivity contribution in [3.8, 4) is 22.4 Å². The molecule has 0 saturated carbocycles. The minimum absolute atomic E-state index is 0.0791. The summed E-state index contributed by atoms with van der Waals surface area (Å²) in [6, 6.07) is 19.3. The Hall–Kier alpha value is -3.44. The van der Waals surface area contributed by atoms with E-state index in [2.05, 4.69) is 39.5 Å². The molecule has 2 aliphatic rings. The number of nitrogens with zero attached hydrogens (tertiary/aromatic N) is 1. The van der Waals surface area contributed by atoms with Crippen molar-refractivity contribution >= 4 is 16.8 Å². The third-order valence-electron chi connectivity index (χ3n) is 6.90. The summed E-state index contributed by atoms with van der Waals surface area (Å²) in [4.78, 5) is 18.7. The maximum atomic E-state index is 14.5. The standard InChI is InChI=1S/C28H26FN3O/c29-24-7-3-2-6-22(24)19-13-21-16-30-28(33)27(21)23(14-19)26-15-20-12-18(8-9-25(20)31-26)17-32-10-4-1-5-11-32/h2-3,6-9,12-15,31H,1,4-5,10-11,16-17H2,(H,30,33). The van der Waals surface area contributed by atoms with E-state index in [0.29, 0.717) is 17.7 Å². The lowest BCUT2D eigenvalue weighted by molar-refractivity contribution is 0.0966. The van der Waals surface area contributed by atoms with Crippen molar-refractivity contribution in [2.45, 2.75) is 32.4 Å². The van der Waals surface area contributed by atoms with E-state index < -0.39 is 0 Å². The fourth-order valence-corrected chi connectivity index (χ4v) is 5.24. The van der Waals surface area contributed by atoms with Gasteiger partial charge in [-0.3, -0.25) is 9.69 Å². The second-order valence-corrected chi connectivity index (χ2v) is 9.16. The highest BCUT2D eigenvalue weighted by atomic mass is 19.1. The quantitative estimate of drug-likeness (QED) is 0.418. The Labute approximate surface area is 192 Å². The summed E-state index contributed by atoms with van der Waals surface area (Å²) in [6.07, 6.45) is 3.89. The molecular weight excluding hydrogens is 413 g/mol. The average Bonchev–Trinajstić information content (AvgIpc) is 3.43. The lowest BCUT2D eigenvalue weighted by atomic mass is 9.93. The summed E-state index contributed by atoms with van der Waals surface area (Å²) >= 11 is 0. The van der Waals surface area contributed by atoms with Crippen LogP contribution in [0.2, 0.25) is 0 Å². The molecule has 0 spiro atoms. The van der Waals surface area contributed by atoms with E-state index in [1.165, 1.54) is 44.0 Å². The molecule has 1 saturated heterocycles. The summed E-state index contributed by atoms with van der Waals surface area (Å²) in [5.74, 6) is -0.343. The summed E-state index contributed by atoms with van der Waals surface area (Å²) in [5.41, 5.74) is 6.94. The molecule has 0 bridgehead atoms. The Morgan fingerprint density at radius 1 is 0.909 bits per heavy atom. The number of hydrogen-bond donors (Lipinski definition) is 2. The van der Waals surface area contributed by atoms with Crippen LogP contribution in [0.15, 0.2) is 60.7 Å². The van der Waals surface area contributed by atoms with Gasteiger partial charge in [0.1, 0.15) is 5.82 Å². The van der Waals surface area contributed by atoms with E-state index in [9.17, 15) is 9.18 Å². The van der Waals surface area contributed by atoms with Crippen LogP contribution in [0.1, 0.15) is 40.7 Å². The minimum Gasteiger partial charge on any atom is -0.355 e. The summed E-state index contributed by atoms with van der Waals surface area (Å²) in [6.45, 7) is 3.77. The second-order valence-electron chi connectivity index (χ2n) is 9.16. The average molecular weight is 440 g/mol. The summed E-state index contributed by atoms with van der Waals surface area (Å²) in [5, 5.41) is 4.05. The molecule has 0 aliphatic carbocycles. The van der Waals surface area contributed by atoms with Crippen LogP contribution in [0.5, 0.6) is 0 Å². The first-order valence-corrected chi connectivity index (χ1v) is 11.7. The molecule has 1 fully saturated rings. The smallest absolute Gasteiger partial charge is 0.252 e. The van der Waals surface area contributed by atoms with E-state index in [0.717, 1.165) is 39.8 Å². The second kappa shape index (κ2) is 8.16. The molecule has 3 heterocycles. The highest BCUT2D eigenvalue weighted by Crippen LogP contribution is 2.36. The zero-order chi connectivity index (χ0) is 22.4. The van der Waals surface area contributed by atoms with Crippen LogP contribution >= 0.6 is 0 Å². The number of amides is 1. The topological polar surface area (TPSA) is 48.1 Å². The van der Waals surface area contributed by atoms with Crippen LogP contribution in [0.25, 0.3) is 33.3 Å². The van der Waals surface area contributed by atoms with Gasteiger partial charge >= 0.3 is 0 Å². The Morgan fingerprint density at radius 3 is 2.61 bits per heavy atom. The first-order valence-electron chi connectivity index (χ1n) is 11.7. The van der Waals surface area contributed by atoms with Crippen LogP contribution in [-0.4, -0.2) is 28.9 Å². The van der Waals surface area contributed by atoms with Gasteiger partial charge in [0.15, 0.2) is 0 Å². The number of rotatable bonds is 4. The molecule has 1 aromatic heterocycles. The van der Waals surface area contributed by atoms with Gasteiger partial charge in [0.25, 0.3) is 5.91 Å². The van der Waals surface area contributed by atoms with Crippen molar-refractivity contribution in [1.82, 2.24) is 15.2 Å². The fourth-order valence-electron chi connectivity index (χ4n) is 5.24. The predicted octanol–water partition coefficient (Wildman–Crippen LogP) is 5.87. The molecule has 0 unspecified atom stereocenters. The first-order chi connectivity index (χ1) is 16.2. The normalized spacial score (nSPS) is 16.2. The zero-order valence-corrected chi connectivity index (χ0v) is 18.5. The fraction of sp³-hybridized carbons (Fsp3) is 0.250. The third-order valence-corrected chi connectivity index (χ3v) is 6.90. The van der Waals surface area contributed by atoms with Gasteiger partial charge in [-0.05, 0) is 79.0 Å². The van der Waals surface area contributed by atoms with Gasteiger partial charge in [0.05, 0.1) is 5.56 Å². The molecule has 1 amide bonds. The molecule has 166 valence electrons. The molecule has 4 nitrogen and oxygen atoms in total. The number of nitrogens with one attached hydrogen (secondary N) is 2. The van der Waals surface area contributed by atoms with Crippen LogP contribution < -0.4 is 5.32 Å². The van der Waals surface area contributed by atoms with E-state index >= 15 is 0 Å². The molecular formula is C28H26FN3O. The maximum Gasteiger partial charge on any atom is 0.252 e. The molecule has 4 aromatic rings. The Bertz CT molecular complexity index is 1370. The molecule has 5 heteroatoms. The van der Waals surface area contributed by atoms with E-state index in [-0.39, 0.29) is 11.7 Å². The number of piperidine rings is 1. The van der Waals surface area contributed by atoms with Crippen molar-refractivity contribution in [1.29, 1.82) is 0 Å². The Balaban J connectivity index is 1.42.